The second kappa shape index (κ2) is 6.91. The summed E-state index contributed by atoms with van der Waals surface area (Å²) in [6.45, 7) is 3.36. The van der Waals surface area contributed by atoms with Gasteiger partial charge in [0.15, 0.2) is 0 Å². The van der Waals surface area contributed by atoms with Crippen molar-refractivity contribution < 1.29 is 13.3 Å². The van der Waals surface area contributed by atoms with Crippen molar-refractivity contribution in [2.45, 2.75) is 37.6 Å². The number of rotatable bonds is 6. The fourth-order valence-electron chi connectivity index (χ4n) is 2.55. The van der Waals surface area contributed by atoms with E-state index in [0.29, 0.717) is 17.0 Å². The number of nitrogens with zero attached hydrogens (tertiary/aromatic N) is 1. The zero-order chi connectivity index (χ0) is 15.8. The maximum atomic E-state index is 12.5. The Hall–Kier alpha value is -1.22. The monoisotopic (exact) mass is 349 g/mol. The van der Waals surface area contributed by atoms with Gasteiger partial charge in [0.1, 0.15) is 0 Å². The highest BCUT2D eigenvalue weighted by Crippen LogP contribution is 2.33. The van der Waals surface area contributed by atoms with Crippen molar-refractivity contribution in [2.75, 3.05) is 6.54 Å². The van der Waals surface area contributed by atoms with Crippen molar-refractivity contribution in [1.82, 2.24) is 4.72 Å². The molecular weight excluding hydrogens is 330 g/mol. The first-order valence-corrected chi connectivity index (χ1v) is 8.22. The smallest absolute Gasteiger partial charge is 0.270 e. The maximum Gasteiger partial charge on any atom is 0.270 e. The number of non-ortho nitro benzene ring substituents is 1. The van der Waals surface area contributed by atoms with E-state index in [9.17, 15) is 18.5 Å². The third kappa shape index (κ3) is 3.95. The summed E-state index contributed by atoms with van der Waals surface area (Å²) in [6, 6.07) is 2.27. The van der Waals surface area contributed by atoms with E-state index in [1.54, 1.807) is 13.8 Å². The molecule has 1 aliphatic carbocycles. The van der Waals surface area contributed by atoms with Crippen molar-refractivity contribution in [3.8, 4) is 0 Å². The normalized spacial score (nSPS) is 16.0. The molecule has 22 heavy (non-hydrogen) atoms. The predicted octanol–water partition coefficient (Wildman–Crippen LogP) is 1.65. The standard InChI is InChI=1S/C13H19N3O4S.ClH/c1-8-5-11(16(17)18)6-9(2)13(8)21(19,20)15-12(7-14)10-3-4-10;/h5-6,10,12,15H,3-4,7,14H2,1-2H3;1H. The van der Waals surface area contributed by atoms with E-state index >= 15 is 0 Å². The van der Waals surface area contributed by atoms with Crippen molar-refractivity contribution in [3.05, 3.63) is 33.4 Å². The molecule has 1 fully saturated rings. The van der Waals surface area contributed by atoms with Crippen LogP contribution in [0.3, 0.4) is 0 Å². The third-order valence-corrected chi connectivity index (χ3v) is 5.47. The van der Waals surface area contributed by atoms with Crippen LogP contribution in [-0.4, -0.2) is 25.9 Å². The van der Waals surface area contributed by atoms with Gasteiger partial charge < -0.3 is 5.73 Å². The first-order valence-electron chi connectivity index (χ1n) is 6.74. The Morgan fingerprint density at radius 1 is 1.36 bits per heavy atom. The molecule has 0 radical (unpaired) electrons. The Labute approximate surface area is 135 Å². The van der Waals surface area contributed by atoms with Gasteiger partial charge >= 0.3 is 0 Å². The summed E-state index contributed by atoms with van der Waals surface area (Å²) in [6.07, 6.45) is 1.95. The van der Waals surface area contributed by atoms with E-state index in [4.69, 9.17) is 5.73 Å². The average molecular weight is 350 g/mol. The molecule has 1 saturated carbocycles. The molecule has 9 heteroatoms. The summed E-state index contributed by atoms with van der Waals surface area (Å²) in [5.74, 6) is 0.295. The molecule has 1 atom stereocenters. The van der Waals surface area contributed by atoms with Gasteiger partial charge in [-0.15, -0.1) is 12.4 Å². The van der Waals surface area contributed by atoms with Gasteiger partial charge in [-0.2, -0.15) is 0 Å². The number of sulfonamides is 1. The second-order valence-corrected chi connectivity index (χ2v) is 7.12. The highest BCUT2D eigenvalue weighted by molar-refractivity contribution is 7.89. The number of hydrogen-bond acceptors (Lipinski definition) is 5. The number of aryl methyl sites for hydroxylation is 2. The lowest BCUT2D eigenvalue weighted by molar-refractivity contribution is -0.385. The lowest BCUT2D eigenvalue weighted by Crippen LogP contribution is -2.42. The number of hydrogen-bond donors (Lipinski definition) is 2. The summed E-state index contributed by atoms with van der Waals surface area (Å²) >= 11 is 0. The van der Waals surface area contributed by atoms with Gasteiger partial charge in [-0.1, -0.05) is 0 Å². The Morgan fingerprint density at radius 3 is 2.23 bits per heavy atom. The lowest BCUT2D eigenvalue weighted by atomic mass is 10.1. The molecule has 1 aromatic carbocycles. The van der Waals surface area contributed by atoms with Crippen LogP contribution in [-0.2, 0) is 10.0 Å². The van der Waals surface area contributed by atoms with Crippen LogP contribution in [0, 0.1) is 29.9 Å². The quantitative estimate of drug-likeness (QED) is 0.598. The minimum absolute atomic E-state index is 0. The Kier molecular flexibility index (Phi) is 5.91. The molecule has 1 unspecified atom stereocenters. The fraction of sp³-hybridized carbons (Fsp3) is 0.538. The van der Waals surface area contributed by atoms with E-state index in [0.717, 1.165) is 12.8 Å². The van der Waals surface area contributed by atoms with Crippen molar-refractivity contribution in [2.24, 2.45) is 11.7 Å². The Balaban J connectivity index is 0.00000242. The highest BCUT2D eigenvalue weighted by atomic mass is 35.5. The van der Waals surface area contributed by atoms with E-state index < -0.39 is 14.9 Å². The summed E-state index contributed by atoms with van der Waals surface area (Å²) in [5, 5.41) is 10.8. The topological polar surface area (TPSA) is 115 Å². The predicted molar refractivity (Wildman–Crippen MR) is 85.7 cm³/mol. The average Bonchev–Trinajstić information content (AvgIpc) is 3.18. The minimum Gasteiger partial charge on any atom is -0.329 e. The van der Waals surface area contributed by atoms with E-state index in [1.165, 1.54) is 12.1 Å². The molecule has 0 aliphatic heterocycles. The van der Waals surface area contributed by atoms with Crippen LogP contribution in [0.5, 0.6) is 0 Å². The largest absolute Gasteiger partial charge is 0.329 e. The molecule has 7 nitrogen and oxygen atoms in total. The number of nitro benzene ring substituents is 1. The Morgan fingerprint density at radius 2 is 1.86 bits per heavy atom. The van der Waals surface area contributed by atoms with Crippen LogP contribution in [0.4, 0.5) is 5.69 Å². The number of nitrogens with one attached hydrogen (secondary N) is 1. The van der Waals surface area contributed by atoms with Crippen LogP contribution in [0.25, 0.3) is 0 Å². The van der Waals surface area contributed by atoms with Gasteiger partial charge in [-0.05, 0) is 43.7 Å². The zero-order valence-electron chi connectivity index (χ0n) is 12.4. The first kappa shape index (κ1) is 18.8. The van der Waals surface area contributed by atoms with Crippen molar-refractivity contribution in [1.29, 1.82) is 0 Å². The second-order valence-electron chi connectivity index (χ2n) is 5.47. The van der Waals surface area contributed by atoms with Gasteiger partial charge in [-0.25, -0.2) is 13.1 Å². The highest BCUT2D eigenvalue weighted by Gasteiger charge is 2.34. The summed E-state index contributed by atoms with van der Waals surface area (Å²) in [4.78, 5) is 10.4. The van der Waals surface area contributed by atoms with Crippen LogP contribution >= 0.6 is 12.4 Å². The van der Waals surface area contributed by atoms with Crippen LogP contribution in [0.15, 0.2) is 17.0 Å². The molecule has 0 saturated heterocycles. The first-order chi connectivity index (χ1) is 9.76. The fourth-order valence-corrected chi connectivity index (χ4v) is 4.32. The summed E-state index contributed by atoms with van der Waals surface area (Å²) in [7, 11) is -3.73. The van der Waals surface area contributed by atoms with Gasteiger partial charge in [-0.3, -0.25) is 10.1 Å². The third-order valence-electron chi connectivity index (χ3n) is 3.68. The van der Waals surface area contributed by atoms with Crippen molar-refractivity contribution in [3.63, 3.8) is 0 Å². The molecule has 0 heterocycles. The van der Waals surface area contributed by atoms with Crippen LogP contribution in [0.2, 0.25) is 0 Å². The summed E-state index contributed by atoms with van der Waals surface area (Å²) < 4.78 is 27.7. The molecular formula is C13H20ClN3O4S. The molecule has 0 spiro atoms. The van der Waals surface area contributed by atoms with Gasteiger partial charge in [0.05, 0.1) is 9.82 Å². The van der Waals surface area contributed by atoms with E-state index in [-0.39, 0.29) is 35.6 Å². The molecule has 2 rings (SSSR count). The molecule has 1 aromatic rings. The van der Waals surface area contributed by atoms with Gasteiger partial charge in [0, 0.05) is 24.7 Å². The van der Waals surface area contributed by atoms with Crippen LogP contribution < -0.4 is 10.5 Å². The van der Waals surface area contributed by atoms with Crippen molar-refractivity contribution >= 4 is 28.1 Å². The minimum atomic E-state index is -3.73. The number of halogens is 1. The van der Waals surface area contributed by atoms with Gasteiger partial charge in [0.2, 0.25) is 10.0 Å². The zero-order valence-corrected chi connectivity index (χ0v) is 14.0. The summed E-state index contributed by atoms with van der Waals surface area (Å²) in [5.41, 5.74) is 6.24. The van der Waals surface area contributed by atoms with E-state index in [1.807, 2.05) is 0 Å². The van der Waals surface area contributed by atoms with Gasteiger partial charge in [0.25, 0.3) is 5.69 Å². The maximum absolute atomic E-state index is 12.5. The molecule has 0 amide bonds. The number of nitro groups is 1. The lowest BCUT2D eigenvalue weighted by Gasteiger charge is -2.18. The Bertz CT molecular complexity index is 651. The molecule has 0 bridgehead atoms. The number of benzene rings is 1. The van der Waals surface area contributed by atoms with Crippen LogP contribution in [0.1, 0.15) is 24.0 Å². The SMILES string of the molecule is Cc1cc([N+](=O)[O-])cc(C)c1S(=O)(=O)NC(CN)C1CC1.Cl. The number of nitrogens with two attached hydrogens (primary N) is 1. The molecule has 124 valence electrons. The van der Waals surface area contributed by atoms with E-state index in [2.05, 4.69) is 4.72 Å². The molecule has 3 N–H and O–H groups in total. The molecule has 0 aromatic heterocycles. The molecule has 1 aliphatic rings.